The van der Waals surface area contributed by atoms with Crippen LogP contribution in [0.5, 0.6) is 5.75 Å². The first kappa shape index (κ1) is 18.1. The first-order valence-electron chi connectivity index (χ1n) is 8.93. The van der Waals surface area contributed by atoms with Gasteiger partial charge in [0.05, 0.1) is 16.5 Å². The number of carbonyl (C=O) groups excluding carboxylic acids is 2. The van der Waals surface area contributed by atoms with Gasteiger partial charge in [-0.15, -0.1) is 0 Å². The largest absolute Gasteiger partial charge is 0.507 e. The molecule has 0 bridgehead atoms. The Kier molecular flexibility index (Phi) is 3.80. The molecular weight excluding hydrogens is 360 g/mol. The number of benzene rings is 2. The quantitative estimate of drug-likeness (QED) is 0.555. The van der Waals surface area contributed by atoms with Crippen LogP contribution in [0.15, 0.2) is 39.5 Å². The Morgan fingerprint density at radius 3 is 2.43 bits per heavy atom. The number of fused-ring (bicyclic) bond motifs is 4. The fraction of sp³-hybridized carbons (Fsp3) is 0.227. The van der Waals surface area contributed by atoms with Crippen LogP contribution < -0.4 is 5.43 Å². The summed E-state index contributed by atoms with van der Waals surface area (Å²) in [7, 11) is 0. The lowest BCUT2D eigenvalue weighted by atomic mass is 9.81. The zero-order valence-corrected chi connectivity index (χ0v) is 15.6. The molecule has 0 saturated heterocycles. The molecule has 3 aromatic rings. The van der Waals surface area contributed by atoms with Crippen molar-refractivity contribution in [1.29, 1.82) is 0 Å². The Morgan fingerprint density at radius 1 is 1.04 bits per heavy atom. The van der Waals surface area contributed by atoms with Crippen molar-refractivity contribution < 1.29 is 24.2 Å². The van der Waals surface area contributed by atoms with Crippen LogP contribution in [-0.2, 0) is 5.60 Å². The molecule has 1 aromatic heterocycles. The molecule has 0 radical (unpaired) electrons. The molecule has 1 heterocycles. The number of aromatic hydroxyl groups is 1. The number of ketones is 2. The van der Waals surface area contributed by atoms with Crippen molar-refractivity contribution >= 4 is 22.5 Å². The topological polar surface area (TPSA) is 105 Å². The second-order valence-corrected chi connectivity index (χ2v) is 7.28. The third-order valence-corrected chi connectivity index (χ3v) is 5.40. The molecule has 0 unspecified atom stereocenters. The Balaban J connectivity index is 2.16. The van der Waals surface area contributed by atoms with Crippen molar-refractivity contribution in [2.24, 2.45) is 0 Å². The summed E-state index contributed by atoms with van der Waals surface area (Å²) < 4.78 is 5.85. The number of hydrogen-bond donors (Lipinski definition) is 2. The van der Waals surface area contributed by atoms with Gasteiger partial charge in [0.25, 0.3) is 0 Å². The van der Waals surface area contributed by atoms with E-state index in [4.69, 9.17) is 4.42 Å². The highest BCUT2D eigenvalue weighted by atomic mass is 16.4. The minimum Gasteiger partial charge on any atom is -0.507 e. The number of phenols is 1. The van der Waals surface area contributed by atoms with Gasteiger partial charge < -0.3 is 14.6 Å². The van der Waals surface area contributed by atoms with E-state index in [2.05, 4.69) is 0 Å². The van der Waals surface area contributed by atoms with Crippen LogP contribution in [0.1, 0.15) is 63.4 Å². The van der Waals surface area contributed by atoms with Crippen LogP contribution in [0, 0.1) is 6.92 Å². The summed E-state index contributed by atoms with van der Waals surface area (Å²) >= 11 is 0. The monoisotopic (exact) mass is 378 g/mol. The zero-order valence-electron chi connectivity index (χ0n) is 15.6. The molecular formula is C22H18O6. The van der Waals surface area contributed by atoms with Crippen LogP contribution >= 0.6 is 0 Å². The van der Waals surface area contributed by atoms with Crippen molar-refractivity contribution in [2.75, 3.05) is 0 Å². The Bertz CT molecular complexity index is 1250. The van der Waals surface area contributed by atoms with Crippen LogP contribution in [-0.4, -0.2) is 21.8 Å². The molecule has 1 atom stereocenters. The molecule has 1 aliphatic rings. The number of aryl methyl sites for hydroxylation is 1. The third kappa shape index (κ3) is 2.34. The lowest BCUT2D eigenvalue weighted by Crippen LogP contribution is -2.25. The van der Waals surface area contributed by atoms with Crippen LogP contribution in [0.3, 0.4) is 0 Å². The highest BCUT2D eigenvalue weighted by molar-refractivity contribution is 6.32. The van der Waals surface area contributed by atoms with E-state index in [-0.39, 0.29) is 51.2 Å². The number of aliphatic hydroxyl groups is 1. The van der Waals surface area contributed by atoms with E-state index in [0.29, 0.717) is 5.56 Å². The van der Waals surface area contributed by atoms with Crippen molar-refractivity contribution in [1.82, 2.24) is 0 Å². The maximum Gasteiger partial charge on any atom is 0.202 e. The summed E-state index contributed by atoms with van der Waals surface area (Å²) in [5.74, 6) is -1.32. The molecule has 2 aromatic carbocycles. The summed E-state index contributed by atoms with van der Waals surface area (Å²) in [4.78, 5) is 38.9. The molecule has 2 N–H and O–H groups in total. The molecule has 0 saturated carbocycles. The highest BCUT2D eigenvalue weighted by Gasteiger charge is 2.36. The van der Waals surface area contributed by atoms with Crippen molar-refractivity contribution in [3.05, 3.63) is 74.1 Å². The van der Waals surface area contributed by atoms with E-state index in [9.17, 15) is 24.6 Å². The SMILES string of the molecule is CC[C@](C)(O)c1cc(=O)c2c(C)cc3c(c2o1)C(=O)c1c(O)cccc1C3=O. The van der Waals surface area contributed by atoms with Gasteiger partial charge in [-0.25, -0.2) is 0 Å². The number of carbonyl (C=O) groups is 2. The van der Waals surface area contributed by atoms with Gasteiger partial charge in [-0.1, -0.05) is 19.1 Å². The van der Waals surface area contributed by atoms with E-state index in [0.717, 1.165) is 0 Å². The maximum absolute atomic E-state index is 13.2. The Morgan fingerprint density at radius 2 is 1.75 bits per heavy atom. The van der Waals surface area contributed by atoms with E-state index in [1.807, 2.05) is 0 Å². The molecule has 6 nitrogen and oxygen atoms in total. The van der Waals surface area contributed by atoms with Crippen LogP contribution in [0.4, 0.5) is 0 Å². The average molecular weight is 378 g/mol. The van der Waals surface area contributed by atoms with Crippen molar-refractivity contribution in [3.63, 3.8) is 0 Å². The van der Waals surface area contributed by atoms with Gasteiger partial charge in [-0.2, -0.15) is 0 Å². The van der Waals surface area contributed by atoms with E-state index in [1.54, 1.807) is 13.8 Å². The molecule has 0 amide bonds. The standard InChI is InChI=1S/C22H18O6/c1-4-22(3,27)15-9-14(24)16-10(2)8-12-18(21(16)28-15)20(26)17-11(19(12)25)6-5-7-13(17)23/h5-9,23,27H,4H2,1-3H3/t22-/m0/s1. The van der Waals surface area contributed by atoms with Crippen LogP contribution in [0.25, 0.3) is 11.0 Å². The van der Waals surface area contributed by atoms with Gasteiger partial charge in [-0.05, 0) is 38.0 Å². The summed E-state index contributed by atoms with van der Waals surface area (Å²) in [6.07, 6.45) is 0.284. The van der Waals surface area contributed by atoms with Gasteiger partial charge in [0.2, 0.25) is 5.78 Å². The van der Waals surface area contributed by atoms with E-state index < -0.39 is 22.6 Å². The minimum absolute atomic E-state index is 0.0172. The first-order chi connectivity index (χ1) is 13.2. The first-order valence-corrected chi connectivity index (χ1v) is 8.93. The predicted octanol–water partition coefficient (Wildman–Crippen LogP) is 3.20. The van der Waals surface area contributed by atoms with E-state index in [1.165, 1.54) is 37.3 Å². The Hall–Kier alpha value is -3.25. The average Bonchev–Trinajstić information content (AvgIpc) is 2.65. The number of phenolic OH excluding ortho intramolecular Hbond substituents is 1. The second-order valence-electron chi connectivity index (χ2n) is 7.28. The number of rotatable bonds is 2. The van der Waals surface area contributed by atoms with Gasteiger partial charge >= 0.3 is 0 Å². The van der Waals surface area contributed by atoms with Gasteiger partial charge in [0, 0.05) is 17.2 Å². The highest BCUT2D eigenvalue weighted by Crippen LogP contribution is 2.37. The molecule has 6 heteroatoms. The summed E-state index contributed by atoms with van der Waals surface area (Å²) in [6.45, 7) is 4.90. The fourth-order valence-electron chi connectivity index (χ4n) is 3.61. The molecule has 0 fully saturated rings. The molecule has 0 spiro atoms. The third-order valence-electron chi connectivity index (χ3n) is 5.40. The predicted molar refractivity (Wildman–Crippen MR) is 102 cm³/mol. The van der Waals surface area contributed by atoms with E-state index >= 15 is 0 Å². The van der Waals surface area contributed by atoms with Gasteiger partial charge in [-0.3, -0.25) is 14.4 Å². The minimum atomic E-state index is -1.41. The summed E-state index contributed by atoms with van der Waals surface area (Å²) in [5.41, 5.74) is -1.32. The second kappa shape index (κ2) is 5.87. The van der Waals surface area contributed by atoms with Gasteiger partial charge in [0.15, 0.2) is 11.2 Å². The summed E-state index contributed by atoms with van der Waals surface area (Å²) in [6, 6.07) is 7.02. The molecule has 4 rings (SSSR count). The molecule has 0 aliphatic heterocycles. The molecule has 1 aliphatic carbocycles. The maximum atomic E-state index is 13.2. The van der Waals surface area contributed by atoms with Crippen LogP contribution in [0.2, 0.25) is 0 Å². The fourth-order valence-corrected chi connectivity index (χ4v) is 3.61. The lowest BCUT2D eigenvalue weighted by Gasteiger charge is -2.23. The zero-order chi connectivity index (χ0) is 20.4. The summed E-state index contributed by atoms with van der Waals surface area (Å²) in [5, 5.41) is 20.9. The lowest BCUT2D eigenvalue weighted by molar-refractivity contribution is 0.0305. The molecule has 142 valence electrons. The van der Waals surface area contributed by atoms with Crippen molar-refractivity contribution in [2.45, 2.75) is 32.8 Å². The normalized spacial score (nSPS) is 15.3. The van der Waals surface area contributed by atoms with Gasteiger partial charge in [0.1, 0.15) is 22.7 Å². The van der Waals surface area contributed by atoms with Crippen molar-refractivity contribution in [3.8, 4) is 5.75 Å². The number of hydrogen-bond acceptors (Lipinski definition) is 6. The smallest absolute Gasteiger partial charge is 0.202 e. The molecule has 28 heavy (non-hydrogen) atoms. The Labute approximate surface area is 160 Å².